The molecule has 0 bridgehead atoms. The van der Waals surface area contributed by atoms with E-state index in [1.165, 1.54) is 38.8 Å². The van der Waals surface area contributed by atoms with E-state index < -0.39 is 20.8 Å². The lowest BCUT2D eigenvalue weighted by Crippen LogP contribution is -2.15. The summed E-state index contributed by atoms with van der Waals surface area (Å²) >= 11 is 0. The fourth-order valence-corrected chi connectivity index (χ4v) is 1.36. The van der Waals surface area contributed by atoms with E-state index in [9.17, 15) is 16.8 Å². The highest BCUT2D eigenvalue weighted by Crippen LogP contribution is 1.92. The van der Waals surface area contributed by atoms with E-state index >= 15 is 0 Å². The monoisotopic (exact) mass is 323 g/mol. The van der Waals surface area contributed by atoms with Crippen molar-refractivity contribution in [1.29, 1.82) is 0 Å². The van der Waals surface area contributed by atoms with Crippen molar-refractivity contribution in [2.24, 2.45) is 0 Å². The van der Waals surface area contributed by atoms with Crippen LogP contribution in [0.4, 0.5) is 0 Å². The number of unbranched alkanes of at least 4 members (excludes halogenated alkanes) is 2. The van der Waals surface area contributed by atoms with E-state index in [1.807, 2.05) is 0 Å². The largest absolute Gasteiger partial charge is 0.425 e. The van der Waals surface area contributed by atoms with Gasteiger partial charge in [0.1, 0.15) is 0 Å². The number of rotatable bonds is 9. The molecule has 3 N–H and O–H groups in total. The van der Waals surface area contributed by atoms with Crippen molar-refractivity contribution in [3.8, 4) is 0 Å². The standard InChI is InChI=1S/C8H19N.H2O8S2/c1-3-5-7-9-8-6-4-2;1-9(2,3)7-8-10(4,5)6/h9H,3-8H2,1-2H3;(H,1,2,3)(H,4,5,6). The lowest BCUT2D eigenvalue weighted by atomic mass is 10.3. The maximum atomic E-state index is 9.51. The van der Waals surface area contributed by atoms with Crippen LogP contribution in [0.15, 0.2) is 0 Å². The molecular weight excluding hydrogens is 302 g/mol. The Hall–Kier alpha value is -0.300. The molecule has 0 aromatic rings. The minimum atomic E-state index is -5.02. The highest BCUT2D eigenvalue weighted by molar-refractivity contribution is 7.83. The molecule has 0 amide bonds. The fraction of sp³-hybridized carbons (Fsp3) is 1.00. The molecule has 0 saturated carbocycles. The van der Waals surface area contributed by atoms with Gasteiger partial charge in [-0.05, 0) is 25.9 Å². The van der Waals surface area contributed by atoms with Gasteiger partial charge >= 0.3 is 20.8 Å². The molecule has 0 rings (SSSR count). The van der Waals surface area contributed by atoms with Crippen LogP contribution in [0, 0.1) is 0 Å². The maximum absolute atomic E-state index is 9.51. The van der Waals surface area contributed by atoms with Crippen LogP contribution >= 0.6 is 0 Å². The molecule has 11 heteroatoms. The van der Waals surface area contributed by atoms with E-state index in [0.717, 1.165) is 0 Å². The van der Waals surface area contributed by atoms with Crippen molar-refractivity contribution in [2.75, 3.05) is 13.1 Å². The summed E-state index contributed by atoms with van der Waals surface area (Å²) in [7, 11) is -10.0. The molecule has 0 aliphatic carbocycles. The first-order valence-corrected chi connectivity index (χ1v) is 8.38. The van der Waals surface area contributed by atoms with E-state index in [1.54, 1.807) is 0 Å². The Balaban J connectivity index is 0. The summed E-state index contributed by atoms with van der Waals surface area (Å²) in [6.45, 7) is 6.86. The van der Waals surface area contributed by atoms with Crippen LogP contribution < -0.4 is 5.32 Å². The van der Waals surface area contributed by atoms with Gasteiger partial charge in [-0.1, -0.05) is 35.4 Å². The second-order valence-electron chi connectivity index (χ2n) is 3.45. The summed E-state index contributed by atoms with van der Waals surface area (Å²) in [4.78, 5) is 0. The molecule has 0 unspecified atom stereocenters. The Morgan fingerprint density at radius 3 is 1.37 bits per heavy atom. The quantitative estimate of drug-likeness (QED) is 0.242. The molecular formula is C8H21NO8S2. The van der Waals surface area contributed by atoms with Crippen molar-refractivity contribution >= 4 is 20.8 Å². The minimum Gasteiger partial charge on any atom is -0.317 e. The predicted molar refractivity (Wildman–Crippen MR) is 68.0 cm³/mol. The zero-order valence-corrected chi connectivity index (χ0v) is 12.5. The summed E-state index contributed by atoms with van der Waals surface area (Å²) in [6, 6.07) is 0. The predicted octanol–water partition coefficient (Wildman–Crippen LogP) is 0.716. The van der Waals surface area contributed by atoms with Gasteiger partial charge in [0.15, 0.2) is 0 Å². The maximum Gasteiger partial charge on any atom is 0.425 e. The zero-order valence-electron chi connectivity index (χ0n) is 10.9. The van der Waals surface area contributed by atoms with Crippen molar-refractivity contribution in [1.82, 2.24) is 5.32 Å². The summed E-state index contributed by atoms with van der Waals surface area (Å²) in [5, 5.41) is 3.39. The first kappa shape index (κ1) is 21.0. The lowest BCUT2D eigenvalue weighted by molar-refractivity contribution is -0.105. The molecule has 0 heterocycles. The Bertz CT molecular complexity index is 353. The lowest BCUT2D eigenvalue weighted by Gasteiger charge is -1.99. The van der Waals surface area contributed by atoms with Crippen molar-refractivity contribution in [3.63, 3.8) is 0 Å². The van der Waals surface area contributed by atoms with E-state index in [0.29, 0.717) is 0 Å². The molecule has 0 aromatic heterocycles. The van der Waals surface area contributed by atoms with Crippen LogP contribution in [0.25, 0.3) is 0 Å². The molecule has 9 nitrogen and oxygen atoms in total. The fourth-order valence-electron chi connectivity index (χ4n) is 0.799. The topological polar surface area (TPSA) is 139 Å². The van der Waals surface area contributed by atoms with Gasteiger partial charge in [0.25, 0.3) is 0 Å². The van der Waals surface area contributed by atoms with Crippen LogP contribution in [0.5, 0.6) is 0 Å². The van der Waals surface area contributed by atoms with Gasteiger partial charge in [-0.3, -0.25) is 9.11 Å². The molecule has 0 aromatic carbocycles. The molecule has 0 fully saturated rings. The van der Waals surface area contributed by atoms with Gasteiger partial charge in [-0.25, -0.2) is 0 Å². The molecule has 0 atom stereocenters. The molecule has 0 spiro atoms. The summed E-state index contributed by atoms with van der Waals surface area (Å²) in [5.74, 6) is 0. The van der Waals surface area contributed by atoms with E-state index in [-0.39, 0.29) is 0 Å². The molecule has 19 heavy (non-hydrogen) atoms. The van der Waals surface area contributed by atoms with Crippen molar-refractivity contribution < 1.29 is 34.6 Å². The molecule has 118 valence electrons. The van der Waals surface area contributed by atoms with Gasteiger partial charge in [0.2, 0.25) is 0 Å². The van der Waals surface area contributed by atoms with Crippen LogP contribution in [-0.4, -0.2) is 39.0 Å². The SMILES string of the molecule is CCCCNCCCC.O=S(=O)(O)OOS(=O)(=O)O. The Morgan fingerprint density at radius 2 is 1.16 bits per heavy atom. The average Bonchev–Trinajstić information content (AvgIpc) is 2.26. The van der Waals surface area contributed by atoms with Gasteiger partial charge in [0.05, 0.1) is 0 Å². The first-order valence-electron chi connectivity index (χ1n) is 5.65. The number of nitrogens with one attached hydrogen (secondary N) is 1. The third-order valence-corrected chi connectivity index (χ3v) is 2.18. The van der Waals surface area contributed by atoms with Gasteiger partial charge in [-0.2, -0.15) is 16.8 Å². The van der Waals surface area contributed by atoms with Crippen LogP contribution in [0.1, 0.15) is 39.5 Å². The van der Waals surface area contributed by atoms with Crippen molar-refractivity contribution in [3.05, 3.63) is 0 Å². The molecule has 0 radical (unpaired) electrons. The van der Waals surface area contributed by atoms with Crippen molar-refractivity contribution in [2.45, 2.75) is 39.5 Å². The van der Waals surface area contributed by atoms with Crippen LogP contribution in [-0.2, 0) is 29.5 Å². The first-order chi connectivity index (χ1) is 8.62. The van der Waals surface area contributed by atoms with Crippen LogP contribution in [0.3, 0.4) is 0 Å². The highest BCUT2D eigenvalue weighted by atomic mass is 32.3. The molecule has 0 saturated heterocycles. The van der Waals surface area contributed by atoms with E-state index in [2.05, 4.69) is 27.8 Å². The second kappa shape index (κ2) is 11.5. The second-order valence-corrected chi connectivity index (χ2v) is 5.43. The Kier molecular flexibility index (Phi) is 12.7. The third kappa shape index (κ3) is 27.0. The normalized spacial score (nSPS) is 11.8. The summed E-state index contributed by atoms with van der Waals surface area (Å²) < 4.78 is 58.9. The van der Waals surface area contributed by atoms with Gasteiger partial charge < -0.3 is 5.32 Å². The van der Waals surface area contributed by atoms with E-state index in [4.69, 9.17) is 9.11 Å². The molecule has 0 aliphatic heterocycles. The highest BCUT2D eigenvalue weighted by Gasteiger charge is 2.13. The zero-order chi connectivity index (χ0) is 15.4. The number of hydrogen-bond donors (Lipinski definition) is 3. The Morgan fingerprint density at radius 1 is 0.842 bits per heavy atom. The average molecular weight is 323 g/mol. The molecule has 0 aliphatic rings. The smallest absolute Gasteiger partial charge is 0.317 e. The summed E-state index contributed by atoms with van der Waals surface area (Å²) in [5.41, 5.74) is 0. The third-order valence-electron chi connectivity index (χ3n) is 1.61. The minimum absolute atomic E-state index is 1.20. The summed E-state index contributed by atoms with van der Waals surface area (Å²) in [6.07, 6.45) is 5.26. The Labute approximate surface area is 114 Å². The number of hydrogen-bond acceptors (Lipinski definition) is 7. The van der Waals surface area contributed by atoms with Crippen LogP contribution in [0.2, 0.25) is 0 Å². The van der Waals surface area contributed by atoms with Gasteiger partial charge in [0, 0.05) is 0 Å². The van der Waals surface area contributed by atoms with Gasteiger partial charge in [-0.15, -0.1) is 0 Å².